The molecule has 0 radical (unpaired) electrons. The lowest BCUT2D eigenvalue weighted by molar-refractivity contribution is -0.263. The largest absolute Gasteiger partial charge is 0.461 e. The van der Waals surface area contributed by atoms with Crippen LogP contribution in [0.1, 0.15) is 67.7 Å². The Morgan fingerprint density at radius 3 is 2.35 bits per heavy atom. The molecule has 0 bridgehead atoms. The zero-order valence-corrected chi connectivity index (χ0v) is 24.0. The number of aliphatic hydroxyl groups excluding tert-OH is 1. The van der Waals surface area contributed by atoms with Gasteiger partial charge < -0.3 is 28.8 Å². The maximum absolute atomic E-state index is 12.6. The van der Waals surface area contributed by atoms with E-state index in [9.17, 15) is 14.7 Å². The highest BCUT2D eigenvalue weighted by Gasteiger charge is 2.49. The molecule has 3 aliphatic rings. The van der Waals surface area contributed by atoms with Crippen molar-refractivity contribution in [2.24, 2.45) is 10.8 Å². The Morgan fingerprint density at radius 1 is 1.03 bits per heavy atom. The van der Waals surface area contributed by atoms with Gasteiger partial charge in [0, 0.05) is 0 Å². The molecule has 3 rings (SSSR count). The average molecular weight is 541 g/mol. The number of esters is 2. The van der Waals surface area contributed by atoms with Gasteiger partial charge in [-0.15, -0.1) is 11.8 Å². The predicted molar refractivity (Wildman–Crippen MR) is 142 cm³/mol. The van der Waals surface area contributed by atoms with E-state index in [0.717, 1.165) is 18.6 Å². The van der Waals surface area contributed by atoms with Crippen molar-refractivity contribution in [2.75, 3.05) is 12.4 Å². The SMILES string of the molecule is CCSC1CC[C@H]2O[C@H]3CC=C[C@H](C=C[C@@H](COC(=O)C(C)(C)C)OC(=O)C(C)(C)C)O[C@@H]3[C@@H](O)[C@@H]2O1. The van der Waals surface area contributed by atoms with Gasteiger partial charge in [-0.3, -0.25) is 9.59 Å². The Morgan fingerprint density at radius 2 is 1.70 bits per heavy atom. The number of fused-ring (bicyclic) bond motifs is 2. The Hall–Kier alpha value is -1.39. The summed E-state index contributed by atoms with van der Waals surface area (Å²) in [7, 11) is 0. The predicted octanol–water partition coefficient (Wildman–Crippen LogP) is 4.19. The first-order chi connectivity index (χ1) is 17.3. The summed E-state index contributed by atoms with van der Waals surface area (Å²) in [6.45, 7) is 12.6. The van der Waals surface area contributed by atoms with Crippen LogP contribution < -0.4 is 0 Å². The zero-order valence-electron chi connectivity index (χ0n) is 23.2. The molecule has 8 nitrogen and oxygen atoms in total. The van der Waals surface area contributed by atoms with Crippen LogP contribution in [0.5, 0.6) is 0 Å². The van der Waals surface area contributed by atoms with Crippen molar-refractivity contribution < 1.29 is 38.4 Å². The molecule has 2 saturated heterocycles. The van der Waals surface area contributed by atoms with Crippen LogP contribution in [0.15, 0.2) is 24.3 Å². The van der Waals surface area contributed by atoms with Crippen LogP contribution in [-0.2, 0) is 33.3 Å². The molecule has 2 fully saturated rings. The van der Waals surface area contributed by atoms with Crippen LogP contribution in [0.4, 0.5) is 0 Å². The third-order valence-electron chi connectivity index (χ3n) is 6.49. The lowest BCUT2D eigenvalue weighted by atomic mass is 9.90. The first-order valence-electron chi connectivity index (χ1n) is 13.3. The summed E-state index contributed by atoms with van der Waals surface area (Å²) >= 11 is 1.74. The minimum absolute atomic E-state index is 0.0507. The molecule has 0 saturated carbocycles. The molecule has 3 heterocycles. The fourth-order valence-corrected chi connectivity index (χ4v) is 5.23. The van der Waals surface area contributed by atoms with E-state index in [-0.39, 0.29) is 30.2 Å². The summed E-state index contributed by atoms with van der Waals surface area (Å²) in [4.78, 5) is 24.9. The van der Waals surface area contributed by atoms with E-state index in [1.165, 1.54) is 0 Å². The van der Waals surface area contributed by atoms with Gasteiger partial charge in [0.1, 0.15) is 30.4 Å². The maximum Gasteiger partial charge on any atom is 0.311 e. The molecule has 0 aromatic carbocycles. The second kappa shape index (κ2) is 12.6. The summed E-state index contributed by atoms with van der Waals surface area (Å²) in [6, 6.07) is 0. The van der Waals surface area contributed by atoms with E-state index >= 15 is 0 Å². The molecule has 0 aromatic rings. The average Bonchev–Trinajstić information content (AvgIpc) is 3.02. The highest BCUT2D eigenvalue weighted by Crippen LogP contribution is 2.38. The monoisotopic (exact) mass is 540 g/mol. The number of ether oxygens (including phenoxy) is 5. The van der Waals surface area contributed by atoms with E-state index in [4.69, 9.17) is 23.7 Å². The minimum Gasteiger partial charge on any atom is -0.461 e. The second-order valence-corrected chi connectivity index (χ2v) is 13.4. The molecule has 0 spiro atoms. The molecule has 0 amide bonds. The van der Waals surface area contributed by atoms with Gasteiger partial charge in [-0.2, -0.15) is 0 Å². The van der Waals surface area contributed by atoms with E-state index in [1.807, 2.05) is 12.2 Å². The minimum atomic E-state index is -0.818. The fraction of sp³-hybridized carbons (Fsp3) is 0.786. The summed E-state index contributed by atoms with van der Waals surface area (Å²) in [5.74, 6) is 0.169. The lowest BCUT2D eigenvalue weighted by Crippen LogP contribution is -2.61. The maximum atomic E-state index is 12.6. The van der Waals surface area contributed by atoms with E-state index in [2.05, 4.69) is 6.92 Å². The molecule has 1 N–H and O–H groups in total. The Balaban J connectivity index is 1.69. The normalized spacial score (nSPS) is 33.2. The third kappa shape index (κ3) is 8.30. The van der Waals surface area contributed by atoms with Gasteiger partial charge in [0.2, 0.25) is 0 Å². The van der Waals surface area contributed by atoms with Crippen LogP contribution in [0.3, 0.4) is 0 Å². The van der Waals surface area contributed by atoms with Crippen molar-refractivity contribution in [2.45, 2.75) is 116 Å². The number of hydrogen-bond donors (Lipinski definition) is 1. The smallest absolute Gasteiger partial charge is 0.311 e. The van der Waals surface area contributed by atoms with Crippen LogP contribution in [0, 0.1) is 10.8 Å². The van der Waals surface area contributed by atoms with Crippen molar-refractivity contribution in [3.63, 3.8) is 0 Å². The van der Waals surface area contributed by atoms with Crippen molar-refractivity contribution in [1.82, 2.24) is 0 Å². The van der Waals surface area contributed by atoms with Crippen molar-refractivity contribution in [1.29, 1.82) is 0 Å². The van der Waals surface area contributed by atoms with Gasteiger partial charge in [-0.25, -0.2) is 0 Å². The number of carbonyl (C=O) groups excluding carboxylic acids is 2. The first kappa shape index (κ1) is 30.2. The van der Waals surface area contributed by atoms with Gasteiger partial charge in [-0.05, 0) is 72.6 Å². The van der Waals surface area contributed by atoms with Gasteiger partial charge in [0.25, 0.3) is 0 Å². The molecular formula is C28H44O8S. The van der Waals surface area contributed by atoms with Gasteiger partial charge in [0.15, 0.2) is 6.10 Å². The molecular weight excluding hydrogens is 496 g/mol. The fourth-order valence-electron chi connectivity index (χ4n) is 4.35. The molecule has 9 heteroatoms. The molecule has 3 aliphatic heterocycles. The number of carbonyl (C=O) groups is 2. The van der Waals surface area contributed by atoms with E-state index in [1.54, 1.807) is 65.5 Å². The number of rotatable bonds is 7. The Kier molecular flexibility index (Phi) is 10.3. The highest BCUT2D eigenvalue weighted by atomic mass is 32.2. The van der Waals surface area contributed by atoms with E-state index in [0.29, 0.717) is 6.42 Å². The molecule has 37 heavy (non-hydrogen) atoms. The molecule has 0 aromatic heterocycles. The second-order valence-electron chi connectivity index (χ2n) is 11.9. The van der Waals surface area contributed by atoms with Crippen LogP contribution in [-0.4, -0.2) is 77.6 Å². The van der Waals surface area contributed by atoms with Gasteiger partial charge in [0.05, 0.1) is 29.1 Å². The Labute approximate surface area is 225 Å². The summed E-state index contributed by atoms with van der Waals surface area (Å²) < 4.78 is 29.9. The van der Waals surface area contributed by atoms with E-state index < -0.39 is 47.3 Å². The van der Waals surface area contributed by atoms with Crippen molar-refractivity contribution in [3.05, 3.63) is 24.3 Å². The van der Waals surface area contributed by atoms with Crippen molar-refractivity contribution >= 4 is 23.7 Å². The number of aliphatic hydroxyl groups is 1. The zero-order chi connectivity index (χ0) is 27.4. The number of thioether (sulfide) groups is 1. The molecule has 0 aliphatic carbocycles. The molecule has 1 unspecified atom stereocenters. The summed E-state index contributed by atoms with van der Waals surface area (Å²) in [6.07, 6.45) is 6.21. The summed E-state index contributed by atoms with van der Waals surface area (Å²) in [5.41, 5.74) is -1.33. The Bertz CT molecular complexity index is 842. The third-order valence-corrected chi connectivity index (χ3v) is 7.54. The van der Waals surface area contributed by atoms with Crippen LogP contribution >= 0.6 is 11.8 Å². The van der Waals surface area contributed by atoms with Crippen molar-refractivity contribution in [3.8, 4) is 0 Å². The quantitative estimate of drug-likeness (QED) is 0.376. The standard InChI is InChI=1S/C28H44O8S/c1-8-37-21-15-14-20-24(36-21)22(29)23-19(35-20)11-9-10-17(33-23)12-13-18(34-26(31)28(5,6)7)16-32-25(30)27(2,3)4/h9-10,12-13,17-24,29H,8,11,14-16H2,1-7H3/t17-,18+,19+,20-,21?,22-,23+,24-/m1/s1. The highest BCUT2D eigenvalue weighted by molar-refractivity contribution is 7.99. The lowest BCUT2D eigenvalue weighted by Gasteiger charge is -2.47. The number of hydrogen-bond acceptors (Lipinski definition) is 9. The first-order valence-corrected chi connectivity index (χ1v) is 14.3. The summed E-state index contributed by atoms with van der Waals surface area (Å²) in [5, 5.41) is 11.2. The van der Waals surface area contributed by atoms with Gasteiger partial charge in [-0.1, -0.05) is 25.2 Å². The molecule has 8 atom stereocenters. The van der Waals surface area contributed by atoms with Crippen LogP contribution in [0.2, 0.25) is 0 Å². The van der Waals surface area contributed by atoms with Crippen LogP contribution in [0.25, 0.3) is 0 Å². The van der Waals surface area contributed by atoms with Gasteiger partial charge >= 0.3 is 11.9 Å². The topological polar surface area (TPSA) is 101 Å². The molecule has 210 valence electrons.